The fourth-order valence-corrected chi connectivity index (χ4v) is 4.61. The number of allylic oxidation sites excluding steroid dienone is 2. The van der Waals surface area contributed by atoms with Crippen molar-refractivity contribution in [1.29, 1.82) is 26.3 Å². The van der Waals surface area contributed by atoms with Gasteiger partial charge in [0.1, 0.15) is 17.6 Å². The summed E-state index contributed by atoms with van der Waals surface area (Å²) in [6, 6.07) is 16.7. The lowest BCUT2D eigenvalue weighted by molar-refractivity contribution is 0.254. The van der Waals surface area contributed by atoms with Gasteiger partial charge in [0.15, 0.2) is 11.0 Å². The van der Waals surface area contributed by atoms with Gasteiger partial charge < -0.3 is 4.90 Å². The average Bonchev–Trinajstić information content (AvgIpc) is 3.35. The van der Waals surface area contributed by atoms with Crippen molar-refractivity contribution in [2.24, 2.45) is 10.8 Å². The number of piperidine rings is 1. The molecule has 6 nitrogen and oxygen atoms in total. The Morgan fingerprint density at radius 1 is 0.929 bits per heavy atom. The van der Waals surface area contributed by atoms with Crippen LogP contribution in [0.15, 0.2) is 35.5 Å². The largest absolute Gasteiger partial charge is 0.372 e. The van der Waals surface area contributed by atoms with Gasteiger partial charge in [-0.05, 0) is 30.9 Å². The van der Waals surface area contributed by atoms with E-state index in [2.05, 4.69) is 6.07 Å². The molecule has 2 atom stereocenters. The van der Waals surface area contributed by atoms with Gasteiger partial charge >= 0.3 is 0 Å². The van der Waals surface area contributed by atoms with E-state index in [0.29, 0.717) is 23.7 Å². The molecule has 1 saturated heterocycles. The Hall–Kier alpha value is -3.50. The number of nitriles is 5. The lowest BCUT2D eigenvalue weighted by atomic mass is 9.87. The molecule has 7 heteroatoms. The Kier molecular flexibility index (Phi) is 4.99. The molecule has 1 aliphatic heterocycles. The van der Waals surface area contributed by atoms with Gasteiger partial charge in [-0.3, -0.25) is 0 Å². The molecule has 0 aromatic heterocycles. The van der Waals surface area contributed by atoms with E-state index in [1.54, 1.807) is 24.3 Å². The van der Waals surface area contributed by atoms with E-state index in [0.717, 1.165) is 19.3 Å². The zero-order valence-electron chi connectivity index (χ0n) is 15.0. The number of hydrogen-bond acceptors (Lipinski definition) is 6. The van der Waals surface area contributed by atoms with Crippen LogP contribution < -0.4 is 0 Å². The first-order valence-electron chi connectivity index (χ1n) is 8.86. The summed E-state index contributed by atoms with van der Waals surface area (Å²) >= 11 is 6.33. The smallest absolute Gasteiger partial charge is 0.177 e. The number of hydrogen-bond donors (Lipinski definition) is 0. The fourth-order valence-electron chi connectivity index (χ4n) is 4.36. The third-order valence-corrected chi connectivity index (χ3v) is 6.00. The molecule has 1 heterocycles. The summed E-state index contributed by atoms with van der Waals surface area (Å²) in [6.07, 6.45) is 2.70. The minimum atomic E-state index is -1.72. The van der Waals surface area contributed by atoms with Gasteiger partial charge in [0.05, 0.1) is 23.9 Å². The topological polar surface area (TPSA) is 122 Å². The third-order valence-electron chi connectivity index (χ3n) is 5.66. The van der Waals surface area contributed by atoms with Crippen molar-refractivity contribution < 1.29 is 0 Å². The number of rotatable bonds is 3. The van der Waals surface area contributed by atoms with Crippen LogP contribution in [0.3, 0.4) is 0 Å². The maximum absolute atomic E-state index is 10.2. The van der Waals surface area contributed by atoms with E-state index in [9.17, 15) is 26.3 Å². The number of nitrogens with zero attached hydrogens (tertiary/aromatic N) is 6. The van der Waals surface area contributed by atoms with Gasteiger partial charge in [0, 0.05) is 24.0 Å². The monoisotopic (exact) mass is 386 g/mol. The summed E-state index contributed by atoms with van der Waals surface area (Å²) in [4.78, 5) is 1.83. The van der Waals surface area contributed by atoms with Crippen LogP contribution in [0, 0.1) is 67.5 Å². The molecule has 1 aromatic carbocycles. The standard InChI is InChI=1S/C21H15ClN6/c22-17-7-3-2-6-16(17)18-20(12-25,13-26)21(18,14-27)19(15(10-23)11-24)28-8-4-1-5-9-28/h2-3,6-7,18H,1,4-5,8-9H2/t18-,21+/m1/s1. The van der Waals surface area contributed by atoms with Crippen molar-refractivity contribution in [2.75, 3.05) is 13.1 Å². The average molecular weight is 387 g/mol. The molecule has 28 heavy (non-hydrogen) atoms. The highest BCUT2D eigenvalue weighted by Gasteiger charge is 2.83. The molecule has 0 bridgehead atoms. The highest BCUT2D eigenvalue weighted by atomic mass is 35.5. The van der Waals surface area contributed by atoms with E-state index in [1.807, 2.05) is 29.2 Å². The summed E-state index contributed by atoms with van der Waals surface area (Å²) < 4.78 is 0. The molecule has 2 aliphatic rings. The van der Waals surface area contributed by atoms with Crippen molar-refractivity contribution in [2.45, 2.75) is 25.2 Å². The molecule has 1 aliphatic carbocycles. The fraction of sp³-hybridized carbons (Fsp3) is 0.381. The van der Waals surface area contributed by atoms with Gasteiger partial charge in [-0.1, -0.05) is 29.8 Å². The summed E-state index contributed by atoms with van der Waals surface area (Å²) in [6.45, 7) is 1.13. The van der Waals surface area contributed by atoms with Crippen molar-refractivity contribution >= 4 is 11.6 Å². The summed E-state index contributed by atoms with van der Waals surface area (Å²) in [5.41, 5.74) is -2.89. The van der Waals surface area contributed by atoms with E-state index in [-0.39, 0.29) is 11.3 Å². The molecule has 136 valence electrons. The lowest BCUT2D eigenvalue weighted by Gasteiger charge is -2.34. The van der Waals surface area contributed by atoms with Crippen LogP contribution >= 0.6 is 11.6 Å². The minimum absolute atomic E-state index is 0.188. The SMILES string of the molecule is N#CC(C#N)=C(N1CCCCC1)[C@]1(C#N)[C@H](c2ccccc2Cl)C1(C#N)C#N. The third kappa shape index (κ3) is 2.42. The zero-order valence-corrected chi connectivity index (χ0v) is 15.7. The van der Waals surface area contributed by atoms with Crippen LogP contribution in [0.2, 0.25) is 5.02 Å². The highest BCUT2D eigenvalue weighted by Crippen LogP contribution is 2.78. The van der Waals surface area contributed by atoms with Crippen LogP contribution in [0.25, 0.3) is 0 Å². The number of likely N-dealkylation sites (tertiary alicyclic amines) is 1. The van der Waals surface area contributed by atoms with E-state index >= 15 is 0 Å². The van der Waals surface area contributed by atoms with Crippen LogP contribution in [-0.4, -0.2) is 18.0 Å². The van der Waals surface area contributed by atoms with Gasteiger partial charge in [-0.2, -0.15) is 26.3 Å². The maximum Gasteiger partial charge on any atom is 0.177 e. The first kappa shape index (κ1) is 19.3. The predicted molar refractivity (Wildman–Crippen MR) is 99.6 cm³/mol. The van der Waals surface area contributed by atoms with Crippen LogP contribution in [0.1, 0.15) is 30.7 Å². The highest BCUT2D eigenvalue weighted by molar-refractivity contribution is 6.31. The van der Waals surface area contributed by atoms with Crippen molar-refractivity contribution in [3.8, 4) is 30.3 Å². The quantitative estimate of drug-likeness (QED) is 0.728. The Bertz CT molecular complexity index is 1020. The Labute approximate surface area is 168 Å². The molecule has 1 aromatic rings. The van der Waals surface area contributed by atoms with Crippen LogP contribution in [0.4, 0.5) is 0 Å². The Morgan fingerprint density at radius 2 is 1.54 bits per heavy atom. The second-order valence-corrected chi connectivity index (χ2v) is 7.31. The lowest BCUT2D eigenvalue weighted by Crippen LogP contribution is -2.35. The maximum atomic E-state index is 10.2. The first-order chi connectivity index (χ1) is 13.6. The zero-order chi connectivity index (χ0) is 20.4. The molecular formula is C21H15ClN6. The summed E-state index contributed by atoms with van der Waals surface area (Å²) in [5, 5.41) is 49.6. The number of halogens is 1. The molecule has 0 amide bonds. The Balaban J connectivity index is 2.32. The van der Waals surface area contributed by atoms with E-state index < -0.39 is 16.7 Å². The van der Waals surface area contributed by atoms with Crippen LogP contribution in [-0.2, 0) is 0 Å². The summed E-state index contributed by atoms with van der Waals surface area (Å²) in [5.74, 6) is -0.845. The summed E-state index contributed by atoms with van der Waals surface area (Å²) in [7, 11) is 0. The van der Waals surface area contributed by atoms with Gasteiger partial charge in [0.25, 0.3) is 0 Å². The van der Waals surface area contributed by atoms with Gasteiger partial charge in [-0.25, -0.2) is 0 Å². The van der Waals surface area contributed by atoms with E-state index in [4.69, 9.17) is 11.6 Å². The van der Waals surface area contributed by atoms with E-state index in [1.165, 1.54) is 0 Å². The van der Waals surface area contributed by atoms with Crippen molar-refractivity contribution in [1.82, 2.24) is 4.90 Å². The molecule has 0 radical (unpaired) electrons. The minimum Gasteiger partial charge on any atom is -0.372 e. The van der Waals surface area contributed by atoms with Crippen molar-refractivity contribution in [3.05, 3.63) is 46.1 Å². The predicted octanol–water partition coefficient (Wildman–Crippen LogP) is 3.77. The molecule has 1 saturated carbocycles. The molecule has 0 spiro atoms. The molecule has 2 fully saturated rings. The van der Waals surface area contributed by atoms with Gasteiger partial charge in [0.2, 0.25) is 0 Å². The number of benzene rings is 1. The van der Waals surface area contributed by atoms with Crippen LogP contribution in [0.5, 0.6) is 0 Å². The first-order valence-corrected chi connectivity index (χ1v) is 9.23. The molecule has 0 unspecified atom stereocenters. The second-order valence-electron chi connectivity index (χ2n) is 6.90. The molecule has 0 N–H and O–H groups in total. The van der Waals surface area contributed by atoms with Crippen molar-refractivity contribution in [3.63, 3.8) is 0 Å². The molecule has 3 rings (SSSR count). The second kappa shape index (κ2) is 7.25. The van der Waals surface area contributed by atoms with Gasteiger partial charge in [-0.15, -0.1) is 0 Å². The normalized spacial score (nSPS) is 24.4. The molecular weight excluding hydrogens is 372 g/mol. The Morgan fingerprint density at radius 3 is 2.04 bits per heavy atom.